The molecule has 1 fully saturated rings. The molecular weight excluding hydrogens is 222 g/mol. The third kappa shape index (κ3) is 5.12. The van der Waals surface area contributed by atoms with Crippen LogP contribution >= 0.6 is 10.0 Å². The Morgan fingerprint density at radius 1 is 1.31 bits per heavy atom. The van der Waals surface area contributed by atoms with E-state index in [1.165, 1.54) is 5.75 Å². The normalized spacial score (nSPS) is 23.6. The molecule has 1 saturated carbocycles. The molecule has 1 atom stereocenters. The van der Waals surface area contributed by atoms with E-state index in [4.69, 9.17) is 0 Å². The fourth-order valence-electron chi connectivity index (χ4n) is 1.79. The summed E-state index contributed by atoms with van der Waals surface area (Å²) in [5, 5.41) is 3.35. The summed E-state index contributed by atoms with van der Waals surface area (Å²) in [5.74, 6) is 1.51. The van der Waals surface area contributed by atoms with Crippen LogP contribution in [-0.2, 0) is 9.59 Å². The van der Waals surface area contributed by atoms with Gasteiger partial charge in [-0.15, -0.1) is 0 Å². The average molecular weight is 245 g/mol. The fraction of sp³-hybridized carbons (Fsp3) is 0.833. The van der Waals surface area contributed by atoms with Crippen molar-refractivity contribution >= 4 is 21.6 Å². The number of rotatable bonds is 5. The lowest BCUT2D eigenvalue weighted by Crippen LogP contribution is -2.34. The van der Waals surface area contributed by atoms with Gasteiger partial charge in [-0.3, -0.25) is 9.59 Å². The van der Waals surface area contributed by atoms with Crippen LogP contribution in [0.5, 0.6) is 0 Å². The van der Waals surface area contributed by atoms with Crippen LogP contribution in [0.2, 0.25) is 0 Å². The number of hydrogen-bond donors (Lipinski definition) is 1. The Labute approximate surface area is 99.7 Å². The summed E-state index contributed by atoms with van der Waals surface area (Å²) < 4.78 is 0. The Morgan fingerprint density at radius 2 is 2.00 bits per heavy atom. The predicted molar refractivity (Wildman–Crippen MR) is 70.5 cm³/mol. The van der Waals surface area contributed by atoms with Crippen molar-refractivity contribution in [2.24, 2.45) is 5.92 Å². The highest BCUT2D eigenvalue weighted by Gasteiger charge is 2.26. The van der Waals surface area contributed by atoms with Crippen molar-refractivity contribution in [2.45, 2.75) is 19.3 Å². The van der Waals surface area contributed by atoms with Gasteiger partial charge in [0.1, 0.15) is 11.6 Å². The number of carbonyl (C=O) groups is 2. The van der Waals surface area contributed by atoms with Gasteiger partial charge >= 0.3 is 0 Å². The Bertz CT molecular complexity index is 271. The van der Waals surface area contributed by atoms with Gasteiger partial charge in [-0.1, -0.05) is 0 Å². The van der Waals surface area contributed by atoms with Crippen LogP contribution in [0, 0.1) is 5.92 Å². The van der Waals surface area contributed by atoms with Gasteiger partial charge in [0.15, 0.2) is 0 Å². The van der Waals surface area contributed by atoms with E-state index in [0.717, 1.165) is 19.5 Å². The van der Waals surface area contributed by atoms with Gasteiger partial charge in [0.25, 0.3) is 0 Å². The first-order chi connectivity index (χ1) is 7.38. The van der Waals surface area contributed by atoms with E-state index < -0.39 is 10.0 Å². The Hall–Kier alpha value is -0.350. The minimum atomic E-state index is -0.451. The zero-order chi connectivity index (χ0) is 12.2. The van der Waals surface area contributed by atoms with Crippen molar-refractivity contribution in [3.63, 3.8) is 0 Å². The second-order valence-electron chi connectivity index (χ2n) is 5.42. The van der Waals surface area contributed by atoms with E-state index in [9.17, 15) is 9.59 Å². The van der Waals surface area contributed by atoms with Crippen LogP contribution in [0.1, 0.15) is 19.3 Å². The van der Waals surface area contributed by atoms with E-state index in [2.05, 4.69) is 24.1 Å². The third-order valence-corrected chi connectivity index (χ3v) is 4.31. The first-order valence-corrected chi connectivity index (χ1v) is 8.82. The van der Waals surface area contributed by atoms with E-state index in [1.807, 2.05) is 0 Å². The van der Waals surface area contributed by atoms with Crippen molar-refractivity contribution in [2.75, 3.05) is 37.6 Å². The van der Waals surface area contributed by atoms with Crippen LogP contribution in [0.25, 0.3) is 0 Å². The van der Waals surface area contributed by atoms with Gasteiger partial charge in [0.05, 0.1) is 6.42 Å². The first kappa shape index (κ1) is 13.7. The third-order valence-electron chi connectivity index (χ3n) is 2.88. The van der Waals surface area contributed by atoms with Crippen molar-refractivity contribution in [1.82, 2.24) is 5.32 Å². The second kappa shape index (κ2) is 5.82. The van der Waals surface area contributed by atoms with E-state index in [-0.39, 0.29) is 23.9 Å². The molecule has 3 nitrogen and oxygen atoms in total. The lowest BCUT2D eigenvalue weighted by Gasteiger charge is -2.26. The van der Waals surface area contributed by atoms with Crippen LogP contribution in [0.15, 0.2) is 0 Å². The molecule has 0 aromatic rings. The molecule has 1 unspecified atom stereocenters. The molecule has 0 saturated heterocycles. The summed E-state index contributed by atoms with van der Waals surface area (Å²) in [6, 6.07) is 0. The molecule has 16 heavy (non-hydrogen) atoms. The van der Waals surface area contributed by atoms with Gasteiger partial charge < -0.3 is 5.32 Å². The van der Waals surface area contributed by atoms with Gasteiger partial charge in [-0.2, -0.15) is 0 Å². The van der Waals surface area contributed by atoms with Crippen molar-refractivity contribution < 1.29 is 9.59 Å². The lowest BCUT2D eigenvalue weighted by molar-refractivity contribution is -0.132. The van der Waals surface area contributed by atoms with Crippen LogP contribution < -0.4 is 5.32 Å². The highest BCUT2D eigenvalue weighted by atomic mass is 32.3. The molecule has 0 aromatic heterocycles. The molecule has 0 aromatic carbocycles. The molecule has 1 N–H and O–H groups in total. The van der Waals surface area contributed by atoms with Gasteiger partial charge in [0.2, 0.25) is 0 Å². The summed E-state index contributed by atoms with van der Waals surface area (Å²) in [5.41, 5.74) is 0. The quantitative estimate of drug-likeness (QED) is 0.585. The minimum Gasteiger partial charge on any atom is -0.315 e. The molecule has 0 heterocycles. The summed E-state index contributed by atoms with van der Waals surface area (Å²) in [6.07, 6.45) is 8.36. The number of carbonyl (C=O) groups excluding carboxylic acids is 2. The number of hydrogen-bond acceptors (Lipinski definition) is 3. The summed E-state index contributed by atoms with van der Waals surface area (Å²) in [7, 11) is -0.451. The Morgan fingerprint density at radius 3 is 2.56 bits per heavy atom. The van der Waals surface area contributed by atoms with Crippen molar-refractivity contribution in [3.05, 3.63) is 0 Å². The zero-order valence-corrected chi connectivity index (χ0v) is 11.4. The molecule has 1 rings (SSSR count). The van der Waals surface area contributed by atoms with Gasteiger partial charge in [-0.25, -0.2) is 10.0 Å². The Balaban J connectivity index is 2.18. The van der Waals surface area contributed by atoms with Crippen molar-refractivity contribution in [1.29, 1.82) is 0 Å². The smallest absolute Gasteiger partial charge is 0.144 e. The van der Waals surface area contributed by atoms with E-state index >= 15 is 0 Å². The molecule has 1 aliphatic rings. The van der Waals surface area contributed by atoms with Crippen LogP contribution in [0.3, 0.4) is 0 Å². The SMILES string of the molecule is CS(C)(C)CCNCC1CCC(=O)CC1=O. The summed E-state index contributed by atoms with van der Waals surface area (Å²) >= 11 is 0. The van der Waals surface area contributed by atoms with Gasteiger partial charge in [0, 0.05) is 25.4 Å². The molecule has 0 radical (unpaired) electrons. The predicted octanol–water partition coefficient (Wildman–Crippen LogP) is 1.21. The molecule has 0 bridgehead atoms. The number of nitrogens with one attached hydrogen (secondary N) is 1. The van der Waals surface area contributed by atoms with E-state index in [1.54, 1.807) is 0 Å². The molecular formula is C12H23NO2S. The number of Topliss-reactive ketones (excluding diaryl/α,β-unsaturated/α-hetero) is 2. The highest BCUT2D eigenvalue weighted by Crippen LogP contribution is 2.33. The topological polar surface area (TPSA) is 46.2 Å². The molecule has 0 amide bonds. The molecule has 0 aliphatic heterocycles. The fourth-order valence-corrected chi connectivity index (χ4v) is 2.55. The minimum absolute atomic E-state index is 0.0765. The maximum absolute atomic E-state index is 11.5. The summed E-state index contributed by atoms with van der Waals surface area (Å²) in [6.45, 7) is 1.73. The standard InChI is InChI=1S/C12H23NO2S/c1-16(2,3)7-6-13-9-10-4-5-11(14)8-12(10)15/h10,13H,4-9H2,1-3H3. The van der Waals surface area contributed by atoms with Crippen LogP contribution in [-0.4, -0.2) is 49.2 Å². The van der Waals surface area contributed by atoms with Crippen LogP contribution in [0.4, 0.5) is 0 Å². The largest absolute Gasteiger partial charge is 0.315 e. The monoisotopic (exact) mass is 245 g/mol. The van der Waals surface area contributed by atoms with Gasteiger partial charge in [-0.05, 0) is 30.9 Å². The first-order valence-electron chi connectivity index (χ1n) is 5.79. The maximum atomic E-state index is 11.5. The molecule has 0 spiro atoms. The highest BCUT2D eigenvalue weighted by molar-refractivity contribution is 8.32. The molecule has 4 heteroatoms. The number of ketones is 2. The van der Waals surface area contributed by atoms with E-state index in [0.29, 0.717) is 6.42 Å². The maximum Gasteiger partial charge on any atom is 0.144 e. The second-order valence-corrected chi connectivity index (χ2v) is 10.0. The summed E-state index contributed by atoms with van der Waals surface area (Å²) in [4.78, 5) is 22.6. The molecule has 1 aliphatic carbocycles. The van der Waals surface area contributed by atoms with Crippen molar-refractivity contribution in [3.8, 4) is 0 Å². The average Bonchev–Trinajstić information content (AvgIpc) is 2.13. The molecule has 94 valence electrons. The lowest BCUT2D eigenvalue weighted by atomic mass is 9.87. The zero-order valence-electron chi connectivity index (χ0n) is 10.5. The Kier molecular flexibility index (Phi) is 4.99.